The number of rotatable bonds is 7. The van der Waals surface area contributed by atoms with Crippen LogP contribution in [0.25, 0.3) is 111 Å². The smallest absolute Gasteiger partial charge is 0.0998 e. The zero-order valence-electron chi connectivity index (χ0n) is 35.7. The predicted molar refractivity (Wildman–Crippen MR) is 272 cm³/mol. The van der Waals surface area contributed by atoms with Crippen molar-refractivity contribution in [3.8, 4) is 79.1 Å². The van der Waals surface area contributed by atoms with Crippen LogP contribution in [0.2, 0.25) is 0 Å². The van der Waals surface area contributed by atoms with Crippen molar-refractivity contribution in [2.75, 3.05) is 0 Å². The highest BCUT2D eigenvalue weighted by Crippen LogP contribution is 2.41. The minimum atomic E-state index is 0.494. The largest absolute Gasteiger partial charge is 0.309 e. The van der Waals surface area contributed by atoms with Crippen molar-refractivity contribution in [1.29, 1.82) is 10.5 Å². The first-order chi connectivity index (χ1) is 32.6. The average molecular weight is 839 g/mol. The van der Waals surface area contributed by atoms with Gasteiger partial charge in [-0.05, 0) is 129 Å². The lowest BCUT2D eigenvalue weighted by atomic mass is 9.95. The van der Waals surface area contributed by atoms with Crippen molar-refractivity contribution in [2.45, 2.75) is 0 Å². The van der Waals surface area contributed by atoms with Gasteiger partial charge in [-0.1, -0.05) is 146 Å². The van der Waals surface area contributed by atoms with Gasteiger partial charge in [0, 0.05) is 44.0 Å². The van der Waals surface area contributed by atoms with E-state index in [9.17, 15) is 10.5 Å². The maximum absolute atomic E-state index is 10.7. The maximum Gasteiger partial charge on any atom is 0.0998 e. The van der Waals surface area contributed by atoms with E-state index in [2.05, 4.69) is 203 Å². The monoisotopic (exact) mass is 838 g/mol. The van der Waals surface area contributed by atoms with Gasteiger partial charge in [-0.15, -0.1) is 0 Å². The minimum Gasteiger partial charge on any atom is -0.309 e. The summed E-state index contributed by atoms with van der Waals surface area (Å²) in [6.45, 7) is 0. The van der Waals surface area contributed by atoms with Crippen LogP contribution in [0.4, 0.5) is 0 Å². The van der Waals surface area contributed by atoms with Crippen LogP contribution in [0.3, 0.4) is 0 Å². The Morgan fingerprint density at radius 2 is 0.530 bits per heavy atom. The van der Waals surface area contributed by atoms with E-state index in [1.807, 2.05) is 48.5 Å². The molecule has 2 heterocycles. The van der Waals surface area contributed by atoms with Crippen molar-refractivity contribution in [1.82, 2.24) is 9.13 Å². The summed E-state index contributed by atoms with van der Waals surface area (Å²) in [7, 11) is 0. The number of hydrogen-bond acceptors (Lipinski definition) is 2. The van der Waals surface area contributed by atoms with Gasteiger partial charge in [0.25, 0.3) is 0 Å². The first-order valence-corrected chi connectivity index (χ1v) is 22.1. The summed E-state index contributed by atoms with van der Waals surface area (Å²) >= 11 is 0. The Hall–Kier alpha value is -9.22. The highest BCUT2D eigenvalue weighted by molar-refractivity contribution is 6.13. The fourth-order valence-corrected chi connectivity index (χ4v) is 9.83. The molecule has 0 spiro atoms. The van der Waals surface area contributed by atoms with Gasteiger partial charge in [0.15, 0.2) is 0 Å². The molecule has 2 aromatic heterocycles. The molecule has 0 radical (unpaired) electrons. The first kappa shape index (κ1) is 38.5. The Morgan fingerprint density at radius 3 is 0.788 bits per heavy atom. The lowest BCUT2D eigenvalue weighted by Crippen LogP contribution is -1.99. The topological polar surface area (TPSA) is 57.4 Å². The number of fused-ring (bicyclic) bond motifs is 6. The first-order valence-electron chi connectivity index (χ1n) is 22.1. The molecular formula is C62H38N4. The Morgan fingerprint density at radius 1 is 0.258 bits per heavy atom. The number of hydrogen-bond donors (Lipinski definition) is 0. The van der Waals surface area contributed by atoms with E-state index < -0.39 is 0 Å². The SMILES string of the molecule is N#Cc1ccc(-n2c3ccc(-c4ccccc4)cc3c3cc(-c4ccccc4)ccc32)cc1-c1cc(-n2c3ccc(-c4ccccc4)cc3c3cc(-c4ccccc4)ccc32)ccc1C#N. The molecule has 10 aromatic carbocycles. The van der Waals surface area contributed by atoms with Gasteiger partial charge in [0.1, 0.15) is 0 Å². The summed E-state index contributed by atoms with van der Waals surface area (Å²) in [4.78, 5) is 0. The van der Waals surface area contributed by atoms with Crippen molar-refractivity contribution in [3.63, 3.8) is 0 Å². The van der Waals surface area contributed by atoms with Crippen LogP contribution in [0.15, 0.2) is 231 Å². The molecule has 306 valence electrons. The molecule has 66 heavy (non-hydrogen) atoms. The fourth-order valence-electron chi connectivity index (χ4n) is 9.83. The highest BCUT2D eigenvalue weighted by atomic mass is 15.0. The Balaban J connectivity index is 1.06. The van der Waals surface area contributed by atoms with E-state index in [1.165, 1.54) is 0 Å². The molecule has 4 heteroatoms. The van der Waals surface area contributed by atoms with E-state index in [0.717, 1.165) is 99.5 Å². The predicted octanol–water partition coefficient (Wildman–Crippen LogP) is 16.0. The van der Waals surface area contributed by atoms with Gasteiger partial charge < -0.3 is 9.13 Å². The summed E-state index contributed by atoms with van der Waals surface area (Å²) in [5, 5.41) is 26.0. The molecule has 0 amide bonds. The normalized spacial score (nSPS) is 11.3. The van der Waals surface area contributed by atoms with Crippen LogP contribution < -0.4 is 0 Å². The third-order valence-corrected chi connectivity index (χ3v) is 13.0. The van der Waals surface area contributed by atoms with E-state index in [1.54, 1.807) is 0 Å². The molecule has 12 aromatic rings. The van der Waals surface area contributed by atoms with E-state index in [4.69, 9.17) is 0 Å². The standard InChI is InChI=1S/C62H38N4/c63-39-49-21-27-51(65-59-29-23-45(41-13-5-1-6-14-41)33-55(59)56-34-46(24-30-60(56)65)42-15-7-2-8-16-42)37-53(49)54-38-52(28-22-50(54)40-64)66-61-31-25-47(43-17-9-3-10-18-43)35-57(61)58-36-48(26-32-62(58)66)44-19-11-4-12-20-44/h1-38H. The molecule has 0 fully saturated rings. The van der Waals surface area contributed by atoms with Gasteiger partial charge >= 0.3 is 0 Å². The Kier molecular flexibility index (Phi) is 9.23. The summed E-state index contributed by atoms with van der Waals surface area (Å²) in [5.41, 5.74) is 17.6. The van der Waals surface area contributed by atoms with Gasteiger partial charge in [-0.25, -0.2) is 0 Å². The third-order valence-electron chi connectivity index (χ3n) is 13.0. The van der Waals surface area contributed by atoms with E-state index in [0.29, 0.717) is 22.3 Å². The second-order valence-electron chi connectivity index (χ2n) is 16.7. The summed E-state index contributed by atoms with van der Waals surface area (Å²) < 4.78 is 4.58. The minimum absolute atomic E-state index is 0.494. The van der Waals surface area contributed by atoms with Crippen LogP contribution in [0.5, 0.6) is 0 Å². The molecule has 0 saturated carbocycles. The Bertz CT molecular complexity index is 3470. The summed E-state index contributed by atoms with van der Waals surface area (Å²) in [6.07, 6.45) is 0. The number of nitrogens with zero attached hydrogens (tertiary/aromatic N) is 4. The molecule has 0 saturated heterocycles. The van der Waals surface area contributed by atoms with Gasteiger partial charge in [-0.3, -0.25) is 0 Å². The lowest BCUT2D eigenvalue weighted by Gasteiger charge is -2.15. The van der Waals surface area contributed by atoms with Crippen LogP contribution in [-0.2, 0) is 0 Å². The van der Waals surface area contributed by atoms with Gasteiger partial charge in [0.05, 0.1) is 45.3 Å². The number of aromatic nitrogens is 2. The van der Waals surface area contributed by atoms with Crippen LogP contribution in [0.1, 0.15) is 11.1 Å². The van der Waals surface area contributed by atoms with Crippen LogP contribution >= 0.6 is 0 Å². The molecule has 0 atom stereocenters. The molecule has 4 nitrogen and oxygen atoms in total. The second kappa shape index (κ2) is 15.8. The number of nitriles is 2. The summed E-state index contributed by atoms with van der Waals surface area (Å²) in [5.74, 6) is 0. The quantitative estimate of drug-likeness (QED) is 0.161. The van der Waals surface area contributed by atoms with Crippen molar-refractivity contribution in [2.24, 2.45) is 0 Å². The van der Waals surface area contributed by atoms with E-state index in [-0.39, 0.29) is 0 Å². The highest BCUT2D eigenvalue weighted by Gasteiger charge is 2.20. The van der Waals surface area contributed by atoms with Crippen LogP contribution in [0, 0.1) is 22.7 Å². The molecular weight excluding hydrogens is 801 g/mol. The molecule has 0 aliphatic heterocycles. The number of benzene rings is 10. The molecule has 12 rings (SSSR count). The summed E-state index contributed by atoms with van der Waals surface area (Å²) in [6, 6.07) is 85.6. The second-order valence-corrected chi connectivity index (χ2v) is 16.7. The fraction of sp³-hybridized carbons (Fsp3) is 0. The molecule has 0 aliphatic rings. The zero-order valence-corrected chi connectivity index (χ0v) is 35.7. The van der Waals surface area contributed by atoms with Gasteiger partial charge in [-0.2, -0.15) is 10.5 Å². The molecule has 0 N–H and O–H groups in total. The Labute approximate surface area is 382 Å². The maximum atomic E-state index is 10.7. The lowest BCUT2D eigenvalue weighted by molar-refractivity contribution is 1.17. The van der Waals surface area contributed by atoms with Crippen molar-refractivity contribution < 1.29 is 0 Å². The van der Waals surface area contributed by atoms with Crippen molar-refractivity contribution >= 4 is 43.6 Å². The zero-order chi connectivity index (χ0) is 44.1. The van der Waals surface area contributed by atoms with Gasteiger partial charge in [0.2, 0.25) is 0 Å². The average Bonchev–Trinajstić information content (AvgIpc) is 3.90. The molecule has 0 unspecified atom stereocenters. The van der Waals surface area contributed by atoms with E-state index >= 15 is 0 Å². The molecule has 0 bridgehead atoms. The molecule has 0 aliphatic carbocycles. The van der Waals surface area contributed by atoms with Crippen molar-refractivity contribution in [3.05, 3.63) is 242 Å². The third kappa shape index (κ3) is 6.45. The van der Waals surface area contributed by atoms with Crippen LogP contribution in [-0.4, -0.2) is 9.13 Å².